The summed E-state index contributed by atoms with van der Waals surface area (Å²) in [6, 6.07) is 11.2. The summed E-state index contributed by atoms with van der Waals surface area (Å²) in [5, 5.41) is 12.1. The fraction of sp³-hybridized carbons (Fsp3) is 0.471. The van der Waals surface area contributed by atoms with Crippen LogP contribution in [0.1, 0.15) is 44.1 Å². The minimum Gasteiger partial charge on any atom is -0.289 e. The number of likely N-dealkylation sites (tertiary alicyclic amines) is 1. The minimum absolute atomic E-state index is 0.297. The normalized spacial score (nSPS) is 19.5. The van der Waals surface area contributed by atoms with Crippen LogP contribution in [0.25, 0.3) is 6.08 Å². The van der Waals surface area contributed by atoms with Crippen LogP contribution in [-0.4, -0.2) is 37.7 Å². The summed E-state index contributed by atoms with van der Waals surface area (Å²) in [7, 11) is 0. The second kappa shape index (κ2) is 6.83. The summed E-state index contributed by atoms with van der Waals surface area (Å²) in [4.78, 5) is 2.46. The maximum absolute atomic E-state index is 4.19. The highest BCUT2D eigenvalue weighted by Gasteiger charge is 2.24. The second-order valence-electron chi connectivity index (χ2n) is 6.08. The van der Waals surface area contributed by atoms with E-state index in [-0.39, 0.29) is 0 Å². The van der Waals surface area contributed by atoms with E-state index in [4.69, 9.17) is 0 Å². The number of rotatable bonds is 5. The number of hydrogen-bond acceptors (Lipinski definition) is 4. The predicted octanol–water partition coefficient (Wildman–Crippen LogP) is 2.93. The Hall–Kier alpha value is -2.01. The molecule has 0 radical (unpaired) electrons. The van der Waals surface area contributed by atoms with Crippen molar-refractivity contribution in [1.29, 1.82) is 0 Å². The molecule has 1 saturated heterocycles. The SMILES string of the molecule is CC(C)n1nnnc1CN1CCCC1/C=C/c1ccccc1. The van der Waals surface area contributed by atoms with Gasteiger partial charge in [0.2, 0.25) is 0 Å². The van der Waals surface area contributed by atoms with E-state index in [1.165, 1.54) is 18.4 Å². The third-order valence-corrected chi connectivity index (χ3v) is 4.12. The van der Waals surface area contributed by atoms with E-state index in [0.29, 0.717) is 12.1 Å². The fourth-order valence-electron chi connectivity index (χ4n) is 2.95. The number of benzene rings is 1. The summed E-state index contributed by atoms with van der Waals surface area (Å²) in [5.41, 5.74) is 1.25. The number of nitrogens with zero attached hydrogens (tertiary/aromatic N) is 5. The van der Waals surface area contributed by atoms with E-state index >= 15 is 0 Å². The lowest BCUT2D eigenvalue weighted by atomic mass is 10.1. The van der Waals surface area contributed by atoms with Crippen molar-refractivity contribution in [2.24, 2.45) is 0 Å². The van der Waals surface area contributed by atoms with Crippen LogP contribution in [0.15, 0.2) is 36.4 Å². The quantitative estimate of drug-likeness (QED) is 0.851. The molecule has 0 bridgehead atoms. The van der Waals surface area contributed by atoms with Crippen molar-refractivity contribution < 1.29 is 0 Å². The Morgan fingerprint density at radius 1 is 1.27 bits per heavy atom. The monoisotopic (exact) mass is 297 g/mol. The Morgan fingerprint density at radius 2 is 2.09 bits per heavy atom. The lowest BCUT2D eigenvalue weighted by molar-refractivity contribution is 0.266. The van der Waals surface area contributed by atoms with E-state index in [1.807, 2.05) is 10.7 Å². The zero-order valence-electron chi connectivity index (χ0n) is 13.3. The molecule has 1 aromatic heterocycles. The van der Waals surface area contributed by atoms with Gasteiger partial charge in [-0.2, -0.15) is 0 Å². The molecular weight excluding hydrogens is 274 g/mol. The lowest BCUT2D eigenvalue weighted by Crippen LogP contribution is -2.29. The van der Waals surface area contributed by atoms with Crippen molar-refractivity contribution in [3.8, 4) is 0 Å². The Balaban J connectivity index is 1.68. The van der Waals surface area contributed by atoms with Gasteiger partial charge in [0.05, 0.1) is 12.6 Å². The molecule has 116 valence electrons. The largest absolute Gasteiger partial charge is 0.289 e. The first kappa shape index (κ1) is 14.9. The van der Waals surface area contributed by atoms with Gasteiger partial charge in [0.25, 0.3) is 0 Å². The number of tetrazole rings is 1. The Labute approximate surface area is 131 Å². The van der Waals surface area contributed by atoms with Crippen molar-refractivity contribution in [3.63, 3.8) is 0 Å². The van der Waals surface area contributed by atoms with Crippen LogP contribution >= 0.6 is 0 Å². The molecule has 0 spiro atoms. The van der Waals surface area contributed by atoms with Crippen LogP contribution in [0.5, 0.6) is 0 Å². The molecule has 1 atom stereocenters. The number of hydrogen-bond donors (Lipinski definition) is 0. The molecule has 0 amide bonds. The first-order valence-corrected chi connectivity index (χ1v) is 7.98. The van der Waals surface area contributed by atoms with Gasteiger partial charge < -0.3 is 0 Å². The zero-order chi connectivity index (χ0) is 15.4. The second-order valence-corrected chi connectivity index (χ2v) is 6.08. The molecule has 22 heavy (non-hydrogen) atoms. The molecule has 1 aliphatic heterocycles. The van der Waals surface area contributed by atoms with E-state index < -0.39 is 0 Å². The van der Waals surface area contributed by atoms with Gasteiger partial charge in [-0.1, -0.05) is 42.5 Å². The van der Waals surface area contributed by atoms with Crippen molar-refractivity contribution in [2.75, 3.05) is 6.54 Å². The van der Waals surface area contributed by atoms with E-state index in [1.54, 1.807) is 0 Å². The maximum atomic E-state index is 4.19. The van der Waals surface area contributed by atoms with Crippen molar-refractivity contribution in [3.05, 3.63) is 47.8 Å². The van der Waals surface area contributed by atoms with Gasteiger partial charge in [-0.15, -0.1) is 5.10 Å². The van der Waals surface area contributed by atoms with Gasteiger partial charge in [-0.05, 0) is 49.2 Å². The minimum atomic E-state index is 0.297. The highest BCUT2D eigenvalue weighted by Crippen LogP contribution is 2.21. The summed E-state index contributed by atoms with van der Waals surface area (Å²) < 4.78 is 1.91. The predicted molar refractivity (Wildman–Crippen MR) is 87.1 cm³/mol. The standard InChI is InChI=1S/C17H23N5/c1-14(2)22-17(18-19-20-22)13-21-12-6-9-16(21)11-10-15-7-4-3-5-8-15/h3-5,7-8,10-11,14,16H,6,9,12-13H2,1-2H3/b11-10+. The Kier molecular flexibility index (Phi) is 4.63. The van der Waals surface area contributed by atoms with E-state index in [2.05, 4.69) is 70.7 Å². The topological polar surface area (TPSA) is 46.8 Å². The average molecular weight is 297 g/mol. The van der Waals surface area contributed by atoms with E-state index in [9.17, 15) is 0 Å². The summed E-state index contributed by atoms with van der Waals surface area (Å²) >= 11 is 0. The van der Waals surface area contributed by atoms with Crippen LogP contribution < -0.4 is 0 Å². The van der Waals surface area contributed by atoms with Gasteiger partial charge in [-0.3, -0.25) is 4.90 Å². The molecule has 0 aliphatic carbocycles. The molecule has 3 rings (SSSR count). The van der Waals surface area contributed by atoms with Crippen molar-refractivity contribution >= 4 is 6.08 Å². The van der Waals surface area contributed by atoms with Gasteiger partial charge in [0, 0.05) is 6.04 Å². The molecular formula is C17H23N5. The van der Waals surface area contributed by atoms with Crippen molar-refractivity contribution in [2.45, 2.75) is 45.3 Å². The smallest absolute Gasteiger partial charge is 0.165 e. The van der Waals surface area contributed by atoms with Gasteiger partial charge in [-0.25, -0.2) is 4.68 Å². The van der Waals surface area contributed by atoms with Gasteiger partial charge >= 0.3 is 0 Å². The summed E-state index contributed by atoms with van der Waals surface area (Å²) in [6.45, 7) is 6.14. The summed E-state index contributed by atoms with van der Waals surface area (Å²) in [6.07, 6.45) is 6.96. The summed E-state index contributed by atoms with van der Waals surface area (Å²) in [5.74, 6) is 0.954. The molecule has 5 nitrogen and oxygen atoms in total. The van der Waals surface area contributed by atoms with Gasteiger partial charge in [0.15, 0.2) is 5.82 Å². The molecule has 2 heterocycles. The molecule has 0 N–H and O–H groups in total. The molecule has 0 saturated carbocycles. The van der Waals surface area contributed by atoms with Crippen LogP contribution in [0, 0.1) is 0 Å². The first-order valence-electron chi connectivity index (χ1n) is 7.98. The highest BCUT2D eigenvalue weighted by molar-refractivity contribution is 5.49. The zero-order valence-corrected chi connectivity index (χ0v) is 13.3. The molecule has 1 fully saturated rings. The van der Waals surface area contributed by atoms with Crippen LogP contribution in [0.2, 0.25) is 0 Å². The Bertz CT molecular complexity index is 617. The molecule has 1 unspecified atom stereocenters. The molecule has 5 heteroatoms. The fourth-order valence-corrected chi connectivity index (χ4v) is 2.95. The van der Waals surface area contributed by atoms with Crippen LogP contribution in [0.4, 0.5) is 0 Å². The third kappa shape index (κ3) is 3.42. The first-order chi connectivity index (χ1) is 10.7. The molecule has 1 aliphatic rings. The van der Waals surface area contributed by atoms with Crippen LogP contribution in [-0.2, 0) is 6.54 Å². The number of aromatic nitrogens is 4. The Morgan fingerprint density at radius 3 is 2.86 bits per heavy atom. The third-order valence-electron chi connectivity index (χ3n) is 4.12. The molecule has 2 aromatic rings. The highest BCUT2D eigenvalue weighted by atomic mass is 15.6. The van der Waals surface area contributed by atoms with Gasteiger partial charge in [0.1, 0.15) is 0 Å². The average Bonchev–Trinajstić information content (AvgIpc) is 3.16. The van der Waals surface area contributed by atoms with Crippen LogP contribution in [0.3, 0.4) is 0 Å². The van der Waals surface area contributed by atoms with E-state index in [0.717, 1.165) is 18.9 Å². The van der Waals surface area contributed by atoms with Crippen molar-refractivity contribution in [1.82, 2.24) is 25.1 Å². The maximum Gasteiger partial charge on any atom is 0.165 e. The lowest BCUT2D eigenvalue weighted by Gasteiger charge is -2.21. The molecule has 1 aromatic carbocycles.